The molecular formula is C13H18N4. The van der Waals surface area contributed by atoms with Crippen molar-refractivity contribution in [3.8, 4) is 5.69 Å². The average molecular weight is 230 g/mol. The molecule has 2 heterocycles. The van der Waals surface area contributed by atoms with E-state index in [1.165, 1.54) is 0 Å². The predicted octanol–water partition coefficient (Wildman–Crippen LogP) is 2.65. The fourth-order valence-corrected chi connectivity index (χ4v) is 1.76. The van der Waals surface area contributed by atoms with Gasteiger partial charge in [0.2, 0.25) is 0 Å². The molecule has 0 atom stereocenters. The van der Waals surface area contributed by atoms with Gasteiger partial charge in [0, 0.05) is 25.4 Å². The van der Waals surface area contributed by atoms with Crippen molar-refractivity contribution in [3.63, 3.8) is 0 Å². The van der Waals surface area contributed by atoms with Crippen molar-refractivity contribution in [1.82, 2.24) is 14.5 Å². The molecule has 0 aliphatic heterocycles. The molecule has 0 aliphatic rings. The first-order valence-electron chi connectivity index (χ1n) is 6.06. The molecule has 0 radical (unpaired) electrons. The molecule has 0 saturated carbocycles. The minimum atomic E-state index is 0.916. The fourth-order valence-electron chi connectivity index (χ4n) is 1.76. The lowest BCUT2D eigenvalue weighted by Crippen LogP contribution is -2.03. The second kappa shape index (κ2) is 5.48. The number of hydrogen-bond donors (Lipinski definition) is 1. The Morgan fingerprint density at radius 3 is 2.94 bits per heavy atom. The zero-order valence-corrected chi connectivity index (χ0v) is 10.3. The molecule has 0 fully saturated rings. The van der Waals surface area contributed by atoms with Crippen LogP contribution in [-0.2, 0) is 6.42 Å². The fraction of sp³-hybridized carbons (Fsp3) is 0.385. The Kier molecular flexibility index (Phi) is 3.75. The summed E-state index contributed by atoms with van der Waals surface area (Å²) in [6, 6.07) is 2.10. The minimum Gasteiger partial charge on any atom is -0.384 e. The highest BCUT2D eigenvalue weighted by atomic mass is 15.1. The summed E-state index contributed by atoms with van der Waals surface area (Å²) in [6.07, 6.45) is 9.53. The van der Waals surface area contributed by atoms with Crippen LogP contribution in [0, 0.1) is 0 Å². The molecule has 0 spiro atoms. The van der Waals surface area contributed by atoms with Crippen LogP contribution in [0.25, 0.3) is 5.69 Å². The van der Waals surface area contributed by atoms with Gasteiger partial charge in [-0.05, 0) is 12.5 Å². The quantitative estimate of drug-likeness (QED) is 0.858. The van der Waals surface area contributed by atoms with Gasteiger partial charge in [-0.15, -0.1) is 0 Å². The van der Waals surface area contributed by atoms with Crippen molar-refractivity contribution in [2.75, 3.05) is 11.9 Å². The average Bonchev–Trinajstić information content (AvgIpc) is 2.85. The smallest absolute Gasteiger partial charge is 0.112 e. The van der Waals surface area contributed by atoms with Gasteiger partial charge < -0.3 is 9.88 Å². The number of imidazole rings is 1. The molecule has 0 aliphatic carbocycles. The Bertz CT molecular complexity index is 476. The second-order valence-corrected chi connectivity index (χ2v) is 3.93. The highest BCUT2D eigenvalue weighted by Gasteiger charge is 2.03. The van der Waals surface area contributed by atoms with Crippen molar-refractivity contribution < 1.29 is 0 Å². The number of rotatable bonds is 5. The first kappa shape index (κ1) is 11.6. The number of aromatic nitrogens is 3. The summed E-state index contributed by atoms with van der Waals surface area (Å²) in [5, 5.41) is 3.34. The summed E-state index contributed by atoms with van der Waals surface area (Å²) in [6.45, 7) is 5.22. The van der Waals surface area contributed by atoms with Crippen molar-refractivity contribution in [1.29, 1.82) is 0 Å². The molecule has 1 N–H and O–H groups in total. The van der Waals surface area contributed by atoms with Crippen LogP contribution >= 0.6 is 0 Å². The van der Waals surface area contributed by atoms with Gasteiger partial charge in [-0.25, -0.2) is 4.98 Å². The first-order chi connectivity index (χ1) is 8.35. The van der Waals surface area contributed by atoms with Crippen LogP contribution in [0.1, 0.15) is 26.1 Å². The van der Waals surface area contributed by atoms with Crippen LogP contribution in [0.4, 0.5) is 5.69 Å². The van der Waals surface area contributed by atoms with Gasteiger partial charge in [0.25, 0.3) is 0 Å². The Morgan fingerprint density at radius 2 is 2.18 bits per heavy atom. The summed E-state index contributed by atoms with van der Waals surface area (Å²) < 4.78 is 2.07. The molecule has 0 saturated heterocycles. The van der Waals surface area contributed by atoms with Gasteiger partial charge in [-0.2, -0.15) is 0 Å². The van der Waals surface area contributed by atoms with Crippen molar-refractivity contribution in [2.24, 2.45) is 0 Å². The zero-order valence-electron chi connectivity index (χ0n) is 10.3. The Labute approximate surface area is 102 Å². The Balaban J connectivity index is 2.26. The van der Waals surface area contributed by atoms with E-state index in [0.29, 0.717) is 0 Å². The van der Waals surface area contributed by atoms with E-state index in [2.05, 4.69) is 39.8 Å². The van der Waals surface area contributed by atoms with E-state index in [1.54, 1.807) is 0 Å². The van der Waals surface area contributed by atoms with Crippen molar-refractivity contribution in [3.05, 3.63) is 36.7 Å². The second-order valence-electron chi connectivity index (χ2n) is 3.93. The van der Waals surface area contributed by atoms with E-state index in [9.17, 15) is 0 Å². The molecule has 2 aromatic heterocycles. The van der Waals surface area contributed by atoms with Gasteiger partial charge in [-0.3, -0.25) is 4.98 Å². The SMILES string of the molecule is CCCNc1cncc(-n2ccnc2CC)c1. The zero-order chi connectivity index (χ0) is 12.1. The molecule has 2 aromatic rings. The van der Waals surface area contributed by atoms with Gasteiger partial charge in [-0.1, -0.05) is 13.8 Å². The summed E-state index contributed by atoms with van der Waals surface area (Å²) in [4.78, 5) is 8.58. The molecule has 90 valence electrons. The van der Waals surface area contributed by atoms with Gasteiger partial charge >= 0.3 is 0 Å². The maximum atomic E-state index is 4.32. The van der Waals surface area contributed by atoms with Crippen LogP contribution in [0.15, 0.2) is 30.9 Å². The lowest BCUT2D eigenvalue weighted by Gasteiger charge is -2.09. The molecule has 17 heavy (non-hydrogen) atoms. The summed E-state index contributed by atoms with van der Waals surface area (Å²) in [7, 11) is 0. The molecule has 4 heteroatoms. The Hall–Kier alpha value is -1.84. The van der Waals surface area contributed by atoms with E-state index in [1.807, 2.05) is 24.8 Å². The summed E-state index contributed by atoms with van der Waals surface area (Å²) in [5.74, 6) is 1.06. The van der Waals surface area contributed by atoms with Crippen LogP contribution < -0.4 is 5.32 Å². The minimum absolute atomic E-state index is 0.916. The number of nitrogens with one attached hydrogen (secondary N) is 1. The van der Waals surface area contributed by atoms with Crippen LogP contribution in [-0.4, -0.2) is 21.1 Å². The lowest BCUT2D eigenvalue weighted by molar-refractivity contribution is 0.886. The maximum absolute atomic E-state index is 4.32. The normalized spacial score (nSPS) is 10.5. The number of anilines is 1. The number of hydrogen-bond acceptors (Lipinski definition) is 3. The predicted molar refractivity (Wildman–Crippen MR) is 69.5 cm³/mol. The maximum Gasteiger partial charge on any atom is 0.112 e. The Morgan fingerprint density at radius 1 is 1.29 bits per heavy atom. The highest BCUT2D eigenvalue weighted by molar-refractivity contribution is 5.48. The standard InChI is InChI=1S/C13H18N4/c1-3-5-15-11-8-12(10-14-9-11)17-7-6-16-13(17)4-2/h6-10,15H,3-5H2,1-2H3. The summed E-state index contributed by atoms with van der Waals surface area (Å²) in [5.41, 5.74) is 2.11. The molecule has 4 nitrogen and oxygen atoms in total. The monoisotopic (exact) mass is 230 g/mol. The first-order valence-corrected chi connectivity index (χ1v) is 6.06. The van der Waals surface area contributed by atoms with E-state index >= 15 is 0 Å². The van der Waals surface area contributed by atoms with E-state index < -0.39 is 0 Å². The molecule has 0 bridgehead atoms. The molecule has 2 rings (SSSR count). The topological polar surface area (TPSA) is 42.7 Å². The van der Waals surface area contributed by atoms with Crippen molar-refractivity contribution >= 4 is 5.69 Å². The van der Waals surface area contributed by atoms with Gasteiger partial charge in [0.05, 0.1) is 23.8 Å². The number of pyridine rings is 1. The van der Waals surface area contributed by atoms with Gasteiger partial charge in [0.1, 0.15) is 5.82 Å². The van der Waals surface area contributed by atoms with E-state index in [-0.39, 0.29) is 0 Å². The van der Waals surface area contributed by atoms with E-state index in [0.717, 1.165) is 36.6 Å². The highest BCUT2D eigenvalue weighted by Crippen LogP contribution is 2.14. The number of nitrogens with zero attached hydrogens (tertiary/aromatic N) is 3. The lowest BCUT2D eigenvalue weighted by atomic mass is 10.3. The van der Waals surface area contributed by atoms with Gasteiger partial charge in [0.15, 0.2) is 0 Å². The molecule has 0 unspecified atom stereocenters. The van der Waals surface area contributed by atoms with Crippen LogP contribution in [0.2, 0.25) is 0 Å². The summed E-state index contributed by atoms with van der Waals surface area (Å²) >= 11 is 0. The van der Waals surface area contributed by atoms with Crippen molar-refractivity contribution in [2.45, 2.75) is 26.7 Å². The van der Waals surface area contributed by atoms with E-state index in [4.69, 9.17) is 0 Å². The molecular weight excluding hydrogens is 212 g/mol. The molecule has 0 amide bonds. The largest absolute Gasteiger partial charge is 0.384 e. The molecule has 0 aromatic carbocycles. The van der Waals surface area contributed by atoms with Crippen LogP contribution in [0.5, 0.6) is 0 Å². The third kappa shape index (κ3) is 2.64. The number of aryl methyl sites for hydroxylation is 1. The third-order valence-electron chi connectivity index (χ3n) is 2.61. The van der Waals surface area contributed by atoms with Crippen LogP contribution in [0.3, 0.4) is 0 Å². The third-order valence-corrected chi connectivity index (χ3v) is 2.61.